The quantitative estimate of drug-likeness (QED) is 0.916. The Labute approximate surface area is 114 Å². The van der Waals surface area contributed by atoms with Crippen LogP contribution in [0, 0.1) is 0 Å². The summed E-state index contributed by atoms with van der Waals surface area (Å²) >= 11 is 3.43. The van der Waals surface area contributed by atoms with Gasteiger partial charge in [-0.2, -0.15) is 0 Å². The minimum absolute atomic E-state index is 0.691. The van der Waals surface area contributed by atoms with Crippen molar-refractivity contribution in [1.29, 1.82) is 0 Å². The average molecular weight is 307 g/mol. The highest BCUT2D eigenvalue weighted by molar-refractivity contribution is 9.10. The zero-order valence-electron chi connectivity index (χ0n) is 10.0. The van der Waals surface area contributed by atoms with Crippen LogP contribution in [0.15, 0.2) is 22.8 Å². The summed E-state index contributed by atoms with van der Waals surface area (Å²) < 4.78 is 1.03. The Morgan fingerprint density at radius 2 is 2.22 bits per heavy atom. The zero-order chi connectivity index (χ0) is 12.4. The van der Waals surface area contributed by atoms with Crippen LogP contribution in [0.3, 0.4) is 0 Å². The summed E-state index contributed by atoms with van der Waals surface area (Å²) in [4.78, 5) is 12.3. The van der Waals surface area contributed by atoms with Crippen molar-refractivity contribution >= 4 is 21.7 Å². The molecule has 0 radical (unpaired) electrons. The van der Waals surface area contributed by atoms with Gasteiger partial charge in [0.1, 0.15) is 11.6 Å². The third-order valence-corrected chi connectivity index (χ3v) is 3.66. The molecular formula is C13H15BrN4. The van der Waals surface area contributed by atoms with Gasteiger partial charge < -0.3 is 10.3 Å². The van der Waals surface area contributed by atoms with Gasteiger partial charge in [-0.1, -0.05) is 15.9 Å². The second kappa shape index (κ2) is 5.10. The Morgan fingerprint density at radius 3 is 3.06 bits per heavy atom. The number of hydrogen-bond donors (Lipinski definition) is 2. The van der Waals surface area contributed by atoms with E-state index in [1.807, 2.05) is 12.1 Å². The van der Waals surface area contributed by atoms with E-state index in [9.17, 15) is 0 Å². The summed E-state index contributed by atoms with van der Waals surface area (Å²) in [5.74, 6) is 1.86. The molecule has 4 nitrogen and oxygen atoms in total. The van der Waals surface area contributed by atoms with Gasteiger partial charge in [-0.25, -0.2) is 9.97 Å². The summed E-state index contributed by atoms with van der Waals surface area (Å²) in [5, 5.41) is 3.28. The number of H-pyrrole nitrogens is 1. The monoisotopic (exact) mass is 306 g/mol. The van der Waals surface area contributed by atoms with Gasteiger partial charge in [0, 0.05) is 16.4 Å². The van der Waals surface area contributed by atoms with Crippen molar-refractivity contribution in [1.82, 2.24) is 15.0 Å². The second-order valence-corrected chi connectivity index (χ2v) is 5.44. The highest BCUT2D eigenvalue weighted by Crippen LogP contribution is 2.19. The first-order valence-corrected chi connectivity index (χ1v) is 7.02. The number of imidazole rings is 1. The molecule has 0 amide bonds. The van der Waals surface area contributed by atoms with E-state index in [2.05, 4.69) is 36.2 Å². The SMILES string of the molecule is Brc1ccnc(NCc2nc3c([nH]2)CCCC3)c1. The second-order valence-electron chi connectivity index (χ2n) is 4.53. The summed E-state index contributed by atoms with van der Waals surface area (Å²) in [6.07, 6.45) is 6.56. The number of aromatic amines is 1. The molecule has 5 heteroatoms. The molecule has 0 spiro atoms. The largest absolute Gasteiger partial charge is 0.363 e. The molecule has 0 atom stereocenters. The molecule has 1 aliphatic rings. The van der Waals surface area contributed by atoms with Crippen LogP contribution in [-0.2, 0) is 19.4 Å². The lowest BCUT2D eigenvalue weighted by atomic mass is 10.0. The normalized spacial score (nSPS) is 14.3. The molecule has 2 aromatic heterocycles. The van der Waals surface area contributed by atoms with Crippen molar-refractivity contribution in [3.63, 3.8) is 0 Å². The molecule has 2 heterocycles. The van der Waals surface area contributed by atoms with Crippen LogP contribution in [0.2, 0.25) is 0 Å². The predicted octanol–water partition coefficient (Wildman–Crippen LogP) is 3.06. The van der Waals surface area contributed by atoms with E-state index in [-0.39, 0.29) is 0 Å². The van der Waals surface area contributed by atoms with Gasteiger partial charge in [0.05, 0.1) is 12.2 Å². The summed E-state index contributed by atoms with van der Waals surface area (Å²) in [6.45, 7) is 0.691. The van der Waals surface area contributed by atoms with Crippen molar-refractivity contribution in [3.8, 4) is 0 Å². The minimum Gasteiger partial charge on any atom is -0.363 e. The fraction of sp³-hybridized carbons (Fsp3) is 0.385. The Hall–Kier alpha value is -1.36. The Balaban J connectivity index is 1.68. The van der Waals surface area contributed by atoms with E-state index in [1.54, 1.807) is 6.20 Å². The van der Waals surface area contributed by atoms with E-state index < -0.39 is 0 Å². The van der Waals surface area contributed by atoms with E-state index in [0.29, 0.717) is 6.54 Å². The third kappa shape index (κ3) is 2.56. The molecular weight excluding hydrogens is 292 g/mol. The number of hydrogen-bond acceptors (Lipinski definition) is 3. The average Bonchev–Trinajstić information content (AvgIpc) is 2.79. The van der Waals surface area contributed by atoms with Crippen LogP contribution in [-0.4, -0.2) is 15.0 Å². The Bertz CT molecular complexity index is 526. The van der Waals surface area contributed by atoms with Gasteiger partial charge in [0.15, 0.2) is 0 Å². The molecule has 94 valence electrons. The number of rotatable bonds is 3. The maximum atomic E-state index is 4.63. The number of fused-ring (bicyclic) bond motifs is 1. The first kappa shape index (κ1) is 11.7. The predicted molar refractivity (Wildman–Crippen MR) is 74.5 cm³/mol. The van der Waals surface area contributed by atoms with E-state index >= 15 is 0 Å². The standard InChI is InChI=1S/C13H15BrN4/c14-9-5-6-15-12(7-9)16-8-13-17-10-3-1-2-4-11(10)18-13/h5-7H,1-4,8H2,(H,15,16)(H,17,18). The molecule has 18 heavy (non-hydrogen) atoms. The van der Waals surface area contributed by atoms with Gasteiger partial charge in [-0.3, -0.25) is 0 Å². The van der Waals surface area contributed by atoms with Gasteiger partial charge in [-0.05, 0) is 37.8 Å². The first-order valence-electron chi connectivity index (χ1n) is 6.23. The van der Waals surface area contributed by atoms with Crippen molar-refractivity contribution in [2.75, 3.05) is 5.32 Å². The molecule has 0 aliphatic heterocycles. The topological polar surface area (TPSA) is 53.6 Å². The molecule has 1 aliphatic carbocycles. The summed E-state index contributed by atoms with van der Waals surface area (Å²) in [6, 6.07) is 3.87. The summed E-state index contributed by atoms with van der Waals surface area (Å²) in [5.41, 5.74) is 2.57. The van der Waals surface area contributed by atoms with Gasteiger partial charge in [0.2, 0.25) is 0 Å². The van der Waals surface area contributed by atoms with Crippen LogP contribution in [0.25, 0.3) is 0 Å². The van der Waals surface area contributed by atoms with Gasteiger partial charge in [0.25, 0.3) is 0 Å². The van der Waals surface area contributed by atoms with Crippen LogP contribution >= 0.6 is 15.9 Å². The number of anilines is 1. The molecule has 2 aromatic rings. The molecule has 0 bridgehead atoms. The van der Waals surface area contributed by atoms with Crippen LogP contribution in [0.1, 0.15) is 30.1 Å². The maximum absolute atomic E-state index is 4.63. The Morgan fingerprint density at radius 1 is 1.33 bits per heavy atom. The Kier molecular flexibility index (Phi) is 3.32. The van der Waals surface area contributed by atoms with Crippen molar-refractivity contribution < 1.29 is 0 Å². The number of nitrogens with zero attached hydrogens (tertiary/aromatic N) is 2. The van der Waals surface area contributed by atoms with Crippen LogP contribution < -0.4 is 5.32 Å². The minimum atomic E-state index is 0.691. The lowest BCUT2D eigenvalue weighted by Crippen LogP contribution is -2.02. The third-order valence-electron chi connectivity index (χ3n) is 3.16. The van der Waals surface area contributed by atoms with Crippen molar-refractivity contribution in [2.24, 2.45) is 0 Å². The number of nitrogens with one attached hydrogen (secondary N) is 2. The highest BCUT2D eigenvalue weighted by Gasteiger charge is 2.13. The molecule has 0 saturated carbocycles. The molecule has 0 fully saturated rings. The molecule has 0 unspecified atom stereocenters. The highest BCUT2D eigenvalue weighted by atomic mass is 79.9. The van der Waals surface area contributed by atoms with E-state index in [4.69, 9.17) is 0 Å². The van der Waals surface area contributed by atoms with Crippen LogP contribution in [0.5, 0.6) is 0 Å². The number of pyridine rings is 1. The number of aryl methyl sites for hydroxylation is 2. The molecule has 0 aromatic carbocycles. The lowest BCUT2D eigenvalue weighted by molar-refractivity contribution is 0.667. The molecule has 0 saturated heterocycles. The number of halogens is 1. The zero-order valence-corrected chi connectivity index (χ0v) is 11.6. The van der Waals surface area contributed by atoms with Crippen molar-refractivity contribution in [3.05, 3.63) is 40.0 Å². The molecule has 2 N–H and O–H groups in total. The fourth-order valence-corrected chi connectivity index (χ4v) is 2.61. The lowest BCUT2D eigenvalue weighted by Gasteiger charge is -2.07. The number of aromatic nitrogens is 3. The van der Waals surface area contributed by atoms with Gasteiger partial charge in [-0.15, -0.1) is 0 Å². The van der Waals surface area contributed by atoms with Gasteiger partial charge >= 0.3 is 0 Å². The smallest absolute Gasteiger partial charge is 0.127 e. The van der Waals surface area contributed by atoms with Crippen molar-refractivity contribution in [2.45, 2.75) is 32.2 Å². The fourth-order valence-electron chi connectivity index (χ4n) is 2.27. The first-order chi connectivity index (χ1) is 8.81. The van der Waals surface area contributed by atoms with E-state index in [0.717, 1.165) is 29.0 Å². The molecule has 3 rings (SSSR count). The maximum Gasteiger partial charge on any atom is 0.127 e. The summed E-state index contributed by atoms with van der Waals surface area (Å²) in [7, 11) is 0. The van der Waals surface area contributed by atoms with E-state index in [1.165, 1.54) is 24.2 Å². The van der Waals surface area contributed by atoms with Crippen LogP contribution in [0.4, 0.5) is 5.82 Å².